The van der Waals surface area contributed by atoms with Gasteiger partial charge >= 0.3 is 5.97 Å². The molecule has 0 spiro atoms. The third-order valence-electron chi connectivity index (χ3n) is 6.81. The van der Waals surface area contributed by atoms with Crippen LogP contribution in [0.5, 0.6) is 0 Å². The lowest BCUT2D eigenvalue weighted by Gasteiger charge is -2.43. The van der Waals surface area contributed by atoms with Crippen molar-refractivity contribution in [3.63, 3.8) is 0 Å². The van der Waals surface area contributed by atoms with E-state index in [1.807, 2.05) is 19.1 Å². The molecular formula is C21H30O4. The topological polar surface area (TPSA) is 77.8 Å². The van der Waals surface area contributed by atoms with E-state index >= 15 is 0 Å². The number of hydrogen-bond donors (Lipinski definition) is 3. The van der Waals surface area contributed by atoms with E-state index in [1.165, 1.54) is 5.56 Å². The van der Waals surface area contributed by atoms with Crippen LogP contribution in [0.1, 0.15) is 85.8 Å². The predicted molar refractivity (Wildman–Crippen MR) is 97.0 cm³/mol. The van der Waals surface area contributed by atoms with E-state index in [2.05, 4.69) is 13.8 Å². The van der Waals surface area contributed by atoms with E-state index in [1.54, 1.807) is 13.8 Å². The van der Waals surface area contributed by atoms with Gasteiger partial charge in [-0.3, -0.25) is 0 Å². The van der Waals surface area contributed by atoms with Crippen LogP contribution in [0.25, 0.3) is 0 Å². The molecule has 2 aliphatic carbocycles. The van der Waals surface area contributed by atoms with Crippen molar-refractivity contribution in [3.8, 4) is 0 Å². The van der Waals surface area contributed by atoms with Crippen LogP contribution in [0.2, 0.25) is 0 Å². The highest BCUT2D eigenvalue weighted by Gasteiger charge is 2.57. The fourth-order valence-electron chi connectivity index (χ4n) is 5.78. The molecule has 2 aliphatic rings. The summed E-state index contributed by atoms with van der Waals surface area (Å²) in [7, 11) is 0. The molecule has 0 amide bonds. The number of hydrogen-bond acceptors (Lipinski definition) is 3. The van der Waals surface area contributed by atoms with Gasteiger partial charge in [0.15, 0.2) is 0 Å². The van der Waals surface area contributed by atoms with Gasteiger partial charge < -0.3 is 15.3 Å². The van der Waals surface area contributed by atoms with E-state index in [9.17, 15) is 20.1 Å². The summed E-state index contributed by atoms with van der Waals surface area (Å²) in [4.78, 5) is 11.6. The van der Waals surface area contributed by atoms with E-state index in [0.717, 1.165) is 24.0 Å². The normalized spacial score (nSPS) is 35.0. The summed E-state index contributed by atoms with van der Waals surface area (Å²) in [5.74, 6) is -0.668. The number of fused-ring (bicyclic) bond motifs is 3. The Morgan fingerprint density at radius 3 is 2.48 bits per heavy atom. The second kappa shape index (κ2) is 5.82. The van der Waals surface area contributed by atoms with Crippen LogP contribution < -0.4 is 0 Å². The molecule has 1 fully saturated rings. The highest BCUT2D eigenvalue weighted by molar-refractivity contribution is 5.89. The van der Waals surface area contributed by atoms with Gasteiger partial charge in [-0.1, -0.05) is 19.9 Å². The van der Waals surface area contributed by atoms with Gasteiger partial charge in [0, 0.05) is 5.92 Å². The molecule has 138 valence electrons. The molecule has 0 aliphatic heterocycles. The number of carbonyl (C=O) groups is 1. The Balaban J connectivity index is 2.19. The van der Waals surface area contributed by atoms with Crippen molar-refractivity contribution in [2.45, 2.75) is 77.4 Å². The lowest BCUT2D eigenvalue weighted by atomic mass is 9.64. The summed E-state index contributed by atoms with van der Waals surface area (Å²) in [6.45, 7) is 9.78. The van der Waals surface area contributed by atoms with Gasteiger partial charge in [-0.05, 0) is 80.0 Å². The molecule has 0 heterocycles. The molecule has 1 saturated carbocycles. The number of aliphatic hydroxyl groups excluding tert-OH is 1. The minimum absolute atomic E-state index is 0.139. The highest BCUT2D eigenvalue weighted by atomic mass is 16.4. The minimum atomic E-state index is -0.952. The smallest absolute Gasteiger partial charge is 0.335 e. The third kappa shape index (κ3) is 2.80. The summed E-state index contributed by atoms with van der Waals surface area (Å²) in [5.41, 5.74) is 2.25. The van der Waals surface area contributed by atoms with Gasteiger partial charge in [0.1, 0.15) is 0 Å². The Kier molecular flexibility index (Phi) is 4.28. The van der Waals surface area contributed by atoms with Crippen molar-refractivity contribution in [2.24, 2.45) is 11.3 Å². The third-order valence-corrected chi connectivity index (χ3v) is 6.81. The standard InChI is InChI=1S/C21H30O4/c1-11-6-7-21(5)16(10-17(22)18(21)20(3,4)25)15-8-12(2)14(19(23)24)9-13(11)15/h8-9,11,16-18,22,25H,6-7,10H2,1-5H3,(H,23,24). The Bertz CT molecular complexity index is 703. The molecule has 3 rings (SSSR count). The molecule has 5 atom stereocenters. The van der Waals surface area contributed by atoms with Crippen LogP contribution in [0.4, 0.5) is 0 Å². The first-order chi connectivity index (χ1) is 11.5. The molecule has 3 N–H and O–H groups in total. The van der Waals surface area contributed by atoms with Gasteiger partial charge in [0.25, 0.3) is 0 Å². The van der Waals surface area contributed by atoms with Gasteiger partial charge in [0.2, 0.25) is 0 Å². The van der Waals surface area contributed by atoms with E-state index in [0.29, 0.717) is 12.0 Å². The van der Waals surface area contributed by atoms with Crippen LogP contribution in [0.3, 0.4) is 0 Å². The Morgan fingerprint density at radius 2 is 1.92 bits per heavy atom. The SMILES string of the molecule is Cc1cc2c(cc1C(=O)O)C(C)CCC1(C)C2CC(O)C1C(C)(C)O. The van der Waals surface area contributed by atoms with E-state index in [-0.39, 0.29) is 23.2 Å². The largest absolute Gasteiger partial charge is 0.478 e. The molecule has 1 aromatic carbocycles. The number of aromatic carboxylic acids is 1. The zero-order valence-corrected chi connectivity index (χ0v) is 15.8. The second-order valence-corrected chi connectivity index (χ2v) is 9.03. The molecular weight excluding hydrogens is 316 g/mol. The zero-order valence-electron chi connectivity index (χ0n) is 15.8. The molecule has 4 nitrogen and oxygen atoms in total. The number of carboxylic acid groups (broad SMARTS) is 1. The van der Waals surface area contributed by atoms with Crippen molar-refractivity contribution in [2.75, 3.05) is 0 Å². The maximum absolute atomic E-state index is 11.6. The summed E-state index contributed by atoms with van der Waals surface area (Å²) in [6.07, 6.45) is 1.93. The van der Waals surface area contributed by atoms with Gasteiger partial charge in [-0.25, -0.2) is 4.79 Å². The maximum atomic E-state index is 11.6. The Labute approximate surface area is 149 Å². The number of rotatable bonds is 2. The maximum Gasteiger partial charge on any atom is 0.335 e. The summed E-state index contributed by atoms with van der Waals surface area (Å²) < 4.78 is 0. The van der Waals surface area contributed by atoms with Crippen molar-refractivity contribution < 1.29 is 20.1 Å². The molecule has 0 radical (unpaired) electrons. The molecule has 4 heteroatoms. The first-order valence-corrected chi connectivity index (χ1v) is 9.25. The van der Waals surface area contributed by atoms with Gasteiger partial charge in [-0.2, -0.15) is 0 Å². The van der Waals surface area contributed by atoms with Crippen molar-refractivity contribution in [1.29, 1.82) is 0 Å². The van der Waals surface area contributed by atoms with Gasteiger partial charge in [-0.15, -0.1) is 0 Å². The quantitative estimate of drug-likeness (QED) is 0.760. The number of aryl methyl sites for hydroxylation is 1. The van der Waals surface area contributed by atoms with Gasteiger partial charge in [0.05, 0.1) is 17.3 Å². The Morgan fingerprint density at radius 1 is 1.28 bits per heavy atom. The van der Waals surface area contributed by atoms with Crippen LogP contribution >= 0.6 is 0 Å². The average molecular weight is 346 g/mol. The zero-order chi connectivity index (χ0) is 18.7. The molecule has 25 heavy (non-hydrogen) atoms. The molecule has 5 unspecified atom stereocenters. The molecule has 0 aromatic heterocycles. The Hall–Kier alpha value is -1.39. The lowest BCUT2D eigenvalue weighted by molar-refractivity contribution is -0.0786. The van der Waals surface area contributed by atoms with Crippen molar-refractivity contribution >= 4 is 5.97 Å². The van der Waals surface area contributed by atoms with Crippen LogP contribution in [-0.4, -0.2) is 33.0 Å². The lowest BCUT2D eigenvalue weighted by Crippen LogP contribution is -2.45. The fraction of sp³-hybridized carbons (Fsp3) is 0.667. The first-order valence-electron chi connectivity index (χ1n) is 9.25. The van der Waals surface area contributed by atoms with Crippen LogP contribution in [0.15, 0.2) is 12.1 Å². The number of aliphatic hydroxyl groups is 2. The monoisotopic (exact) mass is 346 g/mol. The highest BCUT2D eigenvalue weighted by Crippen LogP contribution is 2.61. The first kappa shape index (κ1) is 18.4. The second-order valence-electron chi connectivity index (χ2n) is 9.03. The van der Waals surface area contributed by atoms with Crippen molar-refractivity contribution in [3.05, 3.63) is 34.4 Å². The number of benzene rings is 1. The molecule has 1 aromatic rings. The minimum Gasteiger partial charge on any atom is -0.478 e. The van der Waals surface area contributed by atoms with Crippen molar-refractivity contribution in [1.82, 2.24) is 0 Å². The van der Waals surface area contributed by atoms with E-state index < -0.39 is 17.7 Å². The summed E-state index contributed by atoms with van der Waals surface area (Å²) >= 11 is 0. The summed E-state index contributed by atoms with van der Waals surface area (Å²) in [6, 6.07) is 3.86. The fourth-order valence-corrected chi connectivity index (χ4v) is 5.78. The van der Waals surface area contributed by atoms with Crippen LogP contribution in [-0.2, 0) is 0 Å². The predicted octanol–water partition coefficient (Wildman–Crippen LogP) is 3.83. The molecule has 0 saturated heterocycles. The molecule has 0 bridgehead atoms. The van der Waals surface area contributed by atoms with E-state index in [4.69, 9.17) is 0 Å². The number of carboxylic acids is 1. The van der Waals surface area contributed by atoms with Crippen LogP contribution in [0, 0.1) is 18.3 Å². The summed E-state index contributed by atoms with van der Waals surface area (Å²) in [5, 5.41) is 31.0. The average Bonchev–Trinajstić information content (AvgIpc) is 2.70.